The van der Waals surface area contributed by atoms with Crippen molar-refractivity contribution in [3.8, 4) is 5.75 Å². The number of aliphatic hydroxyl groups is 1. The van der Waals surface area contributed by atoms with Crippen LogP contribution in [0.5, 0.6) is 5.75 Å². The third-order valence-corrected chi connectivity index (χ3v) is 2.83. The highest BCUT2D eigenvalue weighted by Gasteiger charge is 2.13. The second kappa shape index (κ2) is 5.97. The van der Waals surface area contributed by atoms with Crippen LogP contribution < -0.4 is 14.6 Å². The van der Waals surface area contributed by atoms with Crippen LogP contribution in [0.2, 0.25) is 0 Å². The largest absolute Gasteiger partial charge is 0.496 e. The number of methoxy groups -OCH3 is 1. The Kier molecular flexibility index (Phi) is 4.88. The highest BCUT2D eigenvalue weighted by atomic mass is 32.2. The first kappa shape index (κ1) is 13.9. The molecule has 0 spiro atoms. The predicted molar refractivity (Wildman–Crippen MR) is 63.7 cm³/mol. The maximum atomic E-state index is 10.6. The number of ether oxygens (including phenoxy) is 1. The van der Waals surface area contributed by atoms with E-state index in [9.17, 15) is 13.5 Å². The molecule has 0 aliphatic heterocycles. The van der Waals surface area contributed by atoms with Crippen LogP contribution in [0.1, 0.15) is 18.1 Å². The molecule has 1 aromatic carbocycles. The molecular formula is C10H16N2O4S. The van der Waals surface area contributed by atoms with Crippen LogP contribution in [0.15, 0.2) is 24.3 Å². The van der Waals surface area contributed by atoms with Gasteiger partial charge in [0, 0.05) is 12.1 Å². The van der Waals surface area contributed by atoms with E-state index < -0.39 is 16.3 Å². The molecule has 7 heteroatoms. The van der Waals surface area contributed by atoms with E-state index in [0.29, 0.717) is 11.3 Å². The van der Waals surface area contributed by atoms with E-state index in [-0.39, 0.29) is 13.0 Å². The Balaban J connectivity index is 2.61. The molecule has 1 rings (SSSR count). The predicted octanol–water partition coefficient (Wildman–Crippen LogP) is -0.0882. The van der Waals surface area contributed by atoms with Crippen molar-refractivity contribution in [1.29, 1.82) is 0 Å². The SMILES string of the molecule is COc1ccccc1C(O)CCNS(N)(=O)=O. The van der Waals surface area contributed by atoms with Gasteiger partial charge in [-0.2, -0.15) is 8.42 Å². The van der Waals surface area contributed by atoms with Gasteiger partial charge in [-0.25, -0.2) is 9.86 Å². The summed E-state index contributed by atoms with van der Waals surface area (Å²) >= 11 is 0. The quantitative estimate of drug-likeness (QED) is 0.665. The molecule has 0 fully saturated rings. The smallest absolute Gasteiger partial charge is 0.274 e. The highest BCUT2D eigenvalue weighted by Crippen LogP contribution is 2.26. The number of benzene rings is 1. The lowest BCUT2D eigenvalue weighted by atomic mass is 10.1. The molecule has 6 nitrogen and oxygen atoms in total. The Morgan fingerprint density at radius 3 is 2.71 bits per heavy atom. The fourth-order valence-corrected chi connectivity index (χ4v) is 1.84. The molecule has 1 atom stereocenters. The van der Waals surface area contributed by atoms with Gasteiger partial charge in [-0.3, -0.25) is 0 Å². The van der Waals surface area contributed by atoms with Crippen molar-refractivity contribution >= 4 is 10.2 Å². The van der Waals surface area contributed by atoms with E-state index in [1.54, 1.807) is 24.3 Å². The zero-order valence-corrected chi connectivity index (χ0v) is 10.3. The van der Waals surface area contributed by atoms with Crippen LogP contribution in [0.4, 0.5) is 0 Å². The molecule has 0 aliphatic rings. The van der Waals surface area contributed by atoms with E-state index >= 15 is 0 Å². The Morgan fingerprint density at radius 2 is 2.12 bits per heavy atom. The average Bonchev–Trinajstić information content (AvgIpc) is 2.27. The summed E-state index contributed by atoms with van der Waals surface area (Å²) in [7, 11) is -2.20. The molecule has 0 aromatic heterocycles. The van der Waals surface area contributed by atoms with Gasteiger partial charge in [0.2, 0.25) is 0 Å². The number of nitrogens with one attached hydrogen (secondary N) is 1. The summed E-state index contributed by atoms with van der Waals surface area (Å²) in [6, 6.07) is 7.01. The van der Waals surface area contributed by atoms with Crippen molar-refractivity contribution in [1.82, 2.24) is 4.72 Å². The van der Waals surface area contributed by atoms with Crippen LogP contribution >= 0.6 is 0 Å². The molecular weight excluding hydrogens is 244 g/mol. The second-order valence-electron chi connectivity index (χ2n) is 3.49. The molecule has 0 saturated carbocycles. The van der Waals surface area contributed by atoms with Gasteiger partial charge in [0.1, 0.15) is 5.75 Å². The minimum atomic E-state index is -3.71. The minimum absolute atomic E-state index is 0.0675. The zero-order chi connectivity index (χ0) is 12.9. The summed E-state index contributed by atoms with van der Waals surface area (Å²) in [6.45, 7) is 0.0675. The van der Waals surface area contributed by atoms with E-state index in [0.717, 1.165) is 0 Å². The molecule has 4 N–H and O–H groups in total. The van der Waals surface area contributed by atoms with Crippen LogP contribution in [-0.4, -0.2) is 27.2 Å². The third-order valence-electron chi connectivity index (χ3n) is 2.22. The van der Waals surface area contributed by atoms with Crippen LogP contribution in [0, 0.1) is 0 Å². The average molecular weight is 260 g/mol. The van der Waals surface area contributed by atoms with Gasteiger partial charge in [-0.05, 0) is 12.5 Å². The molecule has 1 aromatic rings. The summed E-state index contributed by atoms with van der Waals surface area (Å²) in [5.41, 5.74) is 0.617. The van der Waals surface area contributed by atoms with E-state index in [1.807, 2.05) is 0 Å². The molecule has 0 radical (unpaired) electrons. The molecule has 0 aliphatic carbocycles. The maximum absolute atomic E-state index is 10.6. The fraction of sp³-hybridized carbons (Fsp3) is 0.400. The molecule has 0 amide bonds. The van der Waals surface area contributed by atoms with Gasteiger partial charge in [-0.1, -0.05) is 18.2 Å². The molecule has 1 unspecified atom stereocenters. The van der Waals surface area contributed by atoms with Crippen LogP contribution in [-0.2, 0) is 10.2 Å². The third kappa shape index (κ3) is 4.70. The van der Waals surface area contributed by atoms with E-state index in [2.05, 4.69) is 4.72 Å². The number of para-hydroxylation sites is 1. The first-order valence-electron chi connectivity index (χ1n) is 5.02. The first-order valence-corrected chi connectivity index (χ1v) is 6.57. The van der Waals surface area contributed by atoms with Crippen molar-refractivity contribution in [3.05, 3.63) is 29.8 Å². The van der Waals surface area contributed by atoms with Crippen molar-refractivity contribution in [2.45, 2.75) is 12.5 Å². The molecule has 0 saturated heterocycles. The van der Waals surface area contributed by atoms with Gasteiger partial charge in [0.25, 0.3) is 10.2 Å². The minimum Gasteiger partial charge on any atom is -0.496 e. The summed E-state index contributed by atoms with van der Waals surface area (Å²) in [6.07, 6.45) is -0.586. The maximum Gasteiger partial charge on any atom is 0.274 e. The van der Waals surface area contributed by atoms with Crippen LogP contribution in [0.3, 0.4) is 0 Å². The zero-order valence-electron chi connectivity index (χ0n) is 9.46. The lowest BCUT2D eigenvalue weighted by Crippen LogP contribution is -2.32. The lowest BCUT2D eigenvalue weighted by Gasteiger charge is -2.14. The van der Waals surface area contributed by atoms with Crippen LogP contribution in [0.25, 0.3) is 0 Å². The number of rotatable bonds is 6. The Hall–Kier alpha value is -1.15. The first-order chi connectivity index (χ1) is 7.94. The number of hydrogen-bond donors (Lipinski definition) is 3. The summed E-state index contributed by atoms with van der Waals surface area (Å²) < 4.78 is 28.5. The molecule has 0 heterocycles. The number of nitrogens with two attached hydrogens (primary N) is 1. The van der Waals surface area contributed by atoms with Gasteiger partial charge in [0.05, 0.1) is 13.2 Å². The normalized spacial score (nSPS) is 13.4. The summed E-state index contributed by atoms with van der Waals surface area (Å²) in [4.78, 5) is 0. The second-order valence-corrected chi connectivity index (χ2v) is 4.86. The summed E-state index contributed by atoms with van der Waals surface area (Å²) in [5.74, 6) is 0.565. The number of aliphatic hydroxyl groups excluding tert-OH is 1. The molecule has 17 heavy (non-hydrogen) atoms. The van der Waals surface area contributed by atoms with Crippen molar-refractivity contribution in [3.63, 3.8) is 0 Å². The standard InChI is InChI=1S/C10H16N2O4S/c1-16-10-5-3-2-4-8(10)9(13)6-7-12-17(11,14)15/h2-5,9,12-13H,6-7H2,1H3,(H2,11,14,15). The van der Waals surface area contributed by atoms with Gasteiger partial charge in [0.15, 0.2) is 0 Å². The Morgan fingerprint density at radius 1 is 1.47 bits per heavy atom. The van der Waals surface area contributed by atoms with E-state index in [4.69, 9.17) is 9.88 Å². The lowest BCUT2D eigenvalue weighted by molar-refractivity contribution is 0.165. The fourth-order valence-electron chi connectivity index (χ4n) is 1.44. The monoisotopic (exact) mass is 260 g/mol. The van der Waals surface area contributed by atoms with Crippen molar-refractivity contribution in [2.75, 3.05) is 13.7 Å². The van der Waals surface area contributed by atoms with Gasteiger partial charge in [-0.15, -0.1) is 0 Å². The van der Waals surface area contributed by atoms with Crippen molar-refractivity contribution < 1.29 is 18.3 Å². The van der Waals surface area contributed by atoms with Crippen molar-refractivity contribution in [2.24, 2.45) is 5.14 Å². The van der Waals surface area contributed by atoms with Gasteiger partial charge >= 0.3 is 0 Å². The number of hydrogen-bond acceptors (Lipinski definition) is 4. The van der Waals surface area contributed by atoms with E-state index in [1.165, 1.54) is 7.11 Å². The Labute approximate surface area is 101 Å². The highest BCUT2D eigenvalue weighted by molar-refractivity contribution is 7.87. The molecule has 0 bridgehead atoms. The van der Waals surface area contributed by atoms with Gasteiger partial charge < -0.3 is 9.84 Å². The Bertz CT molecular complexity index is 461. The topological polar surface area (TPSA) is 102 Å². The molecule has 96 valence electrons. The summed E-state index contributed by atoms with van der Waals surface area (Å²) in [5, 5.41) is 14.6.